The van der Waals surface area contributed by atoms with E-state index in [-0.39, 0.29) is 0 Å². The molecule has 0 bridgehead atoms. The highest BCUT2D eigenvalue weighted by Crippen LogP contribution is 2.29. The van der Waals surface area contributed by atoms with Crippen LogP contribution >= 0.6 is 11.3 Å². The van der Waals surface area contributed by atoms with Crippen LogP contribution in [0.25, 0.3) is 10.1 Å². The molecule has 0 radical (unpaired) electrons. The predicted octanol–water partition coefficient (Wildman–Crippen LogP) is 4.71. The molecule has 104 valence electrons. The number of hydrogen-bond acceptors (Lipinski definition) is 2. The second-order valence-corrected chi connectivity index (χ2v) is 6.94. The Balaban J connectivity index is 2.12. The molecule has 0 aliphatic rings. The molecule has 1 atom stereocenters. The molecular weight excluding hydrogens is 250 g/mol. The monoisotopic (exact) mass is 275 g/mol. The van der Waals surface area contributed by atoms with Gasteiger partial charge >= 0.3 is 0 Å². The molecule has 0 amide bonds. The molecule has 19 heavy (non-hydrogen) atoms. The lowest BCUT2D eigenvalue weighted by molar-refractivity contribution is 0.350. The zero-order valence-electron chi connectivity index (χ0n) is 12.4. The smallest absolute Gasteiger partial charge is 0.0345 e. The van der Waals surface area contributed by atoms with Gasteiger partial charge in [0.15, 0.2) is 0 Å². The first-order valence-corrected chi connectivity index (χ1v) is 8.14. The van der Waals surface area contributed by atoms with E-state index in [1.807, 2.05) is 11.3 Å². The van der Waals surface area contributed by atoms with E-state index in [2.05, 4.69) is 62.7 Å². The summed E-state index contributed by atoms with van der Waals surface area (Å²) in [6, 6.07) is 9.33. The Morgan fingerprint density at radius 1 is 1.11 bits per heavy atom. The highest BCUT2D eigenvalue weighted by atomic mass is 32.1. The predicted molar refractivity (Wildman–Crippen MR) is 87.0 cm³/mol. The van der Waals surface area contributed by atoms with Gasteiger partial charge in [0, 0.05) is 10.7 Å². The van der Waals surface area contributed by atoms with E-state index in [0.29, 0.717) is 17.9 Å². The summed E-state index contributed by atoms with van der Waals surface area (Å²) in [7, 11) is 0. The standard InChI is InChI=1S/C17H25NS/c1-12(2)14(10-18-13(3)4)9-15-11-19-17-8-6-5-7-16(15)17/h5-8,11-14,18H,9-10H2,1-4H3. The van der Waals surface area contributed by atoms with Gasteiger partial charge in [-0.2, -0.15) is 0 Å². The summed E-state index contributed by atoms with van der Waals surface area (Å²) in [6.45, 7) is 10.2. The molecule has 0 spiro atoms. The Morgan fingerprint density at radius 3 is 2.53 bits per heavy atom. The molecule has 0 saturated carbocycles. The Morgan fingerprint density at radius 2 is 1.84 bits per heavy atom. The highest BCUT2D eigenvalue weighted by molar-refractivity contribution is 7.17. The number of nitrogens with one attached hydrogen (secondary N) is 1. The largest absolute Gasteiger partial charge is 0.314 e. The third-order valence-corrected chi connectivity index (χ3v) is 4.79. The summed E-state index contributed by atoms with van der Waals surface area (Å²) >= 11 is 1.87. The lowest BCUT2D eigenvalue weighted by Gasteiger charge is -2.22. The van der Waals surface area contributed by atoms with Gasteiger partial charge in [0.25, 0.3) is 0 Å². The summed E-state index contributed by atoms with van der Waals surface area (Å²) in [5, 5.41) is 7.38. The highest BCUT2D eigenvalue weighted by Gasteiger charge is 2.16. The Kier molecular flexibility index (Phi) is 5.00. The molecule has 1 unspecified atom stereocenters. The fraction of sp³-hybridized carbons (Fsp3) is 0.529. The van der Waals surface area contributed by atoms with Crippen LogP contribution < -0.4 is 5.32 Å². The van der Waals surface area contributed by atoms with Gasteiger partial charge in [0.05, 0.1) is 0 Å². The van der Waals surface area contributed by atoms with Crippen molar-refractivity contribution in [1.29, 1.82) is 0 Å². The van der Waals surface area contributed by atoms with Crippen LogP contribution in [0, 0.1) is 11.8 Å². The molecule has 0 fully saturated rings. The molecule has 0 aliphatic carbocycles. The Labute approximate surface area is 121 Å². The molecule has 2 rings (SSSR count). The first-order valence-electron chi connectivity index (χ1n) is 7.26. The topological polar surface area (TPSA) is 12.0 Å². The fourth-order valence-corrected chi connectivity index (χ4v) is 3.38. The molecule has 1 nitrogen and oxygen atoms in total. The summed E-state index contributed by atoms with van der Waals surface area (Å²) in [6.07, 6.45) is 1.18. The van der Waals surface area contributed by atoms with Crippen LogP contribution in [0.2, 0.25) is 0 Å². The third-order valence-electron chi connectivity index (χ3n) is 3.77. The van der Waals surface area contributed by atoms with E-state index < -0.39 is 0 Å². The Bertz CT molecular complexity index is 513. The van der Waals surface area contributed by atoms with Gasteiger partial charge in [-0.25, -0.2) is 0 Å². The quantitative estimate of drug-likeness (QED) is 0.804. The summed E-state index contributed by atoms with van der Waals surface area (Å²) in [4.78, 5) is 0. The van der Waals surface area contributed by atoms with E-state index in [9.17, 15) is 0 Å². The second kappa shape index (κ2) is 6.53. The van der Waals surface area contributed by atoms with Crippen LogP contribution in [0.4, 0.5) is 0 Å². The molecule has 1 heterocycles. The summed E-state index contributed by atoms with van der Waals surface area (Å²) in [5.41, 5.74) is 1.52. The maximum absolute atomic E-state index is 3.59. The van der Waals surface area contributed by atoms with Crippen molar-refractivity contribution in [3.63, 3.8) is 0 Å². The van der Waals surface area contributed by atoms with Crippen molar-refractivity contribution in [2.24, 2.45) is 11.8 Å². The summed E-state index contributed by atoms with van der Waals surface area (Å²) in [5.74, 6) is 1.42. The van der Waals surface area contributed by atoms with Crippen LogP contribution in [-0.4, -0.2) is 12.6 Å². The lowest BCUT2D eigenvalue weighted by Crippen LogP contribution is -2.32. The van der Waals surface area contributed by atoms with Gasteiger partial charge in [0.1, 0.15) is 0 Å². The normalized spacial score (nSPS) is 13.6. The zero-order chi connectivity index (χ0) is 13.8. The molecule has 0 aliphatic heterocycles. The maximum Gasteiger partial charge on any atom is 0.0345 e. The van der Waals surface area contributed by atoms with Crippen LogP contribution in [0.1, 0.15) is 33.3 Å². The number of thiophene rings is 1. The Hall–Kier alpha value is -0.860. The number of fused-ring (bicyclic) bond motifs is 1. The molecule has 2 heteroatoms. The van der Waals surface area contributed by atoms with Crippen LogP contribution in [0.15, 0.2) is 29.6 Å². The molecule has 2 aromatic rings. The number of benzene rings is 1. The van der Waals surface area contributed by atoms with Crippen molar-refractivity contribution in [3.8, 4) is 0 Å². The maximum atomic E-state index is 3.59. The minimum Gasteiger partial charge on any atom is -0.314 e. The van der Waals surface area contributed by atoms with Gasteiger partial charge in [-0.05, 0) is 47.2 Å². The third kappa shape index (κ3) is 3.80. The zero-order valence-corrected chi connectivity index (χ0v) is 13.3. The lowest BCUT2D eigenvalue weighted by atomic mass is 9.89. The van der Waals surface area contributed by atoms with Crippen molar-refractivity contribution < 1.29 is 0 Å². The minimum atomic E-state index is 0.570. The average Bonchev–Trinajstić information content (AvgIpc) is 2.77. The van der Waals surface area contributed by atoms with Crippen LogP contribution in [0.5, 0.6) is 0 Å². The second-order valence-electron chi connectivity index (χ2n) is 6.03. The molecule has 1 aromatic carbocycles. The minimum absolute atomic E-state index is 0.570. The van der Waals surface area contributed by atoms with Gasteiger partial charge in [-0.15, -0.1) is 11.3 Å². The molecular formula is C17H25NS. The number of rotatable bonds is 6. The van der Waals surface area contributed by atoms with E-state index in [1.165, 1.54) is 22.1 Å². The number of hydrogen-bond donors (Lipinski definition) is 1. The van der Waals surface area contributed by atoms with E-state index in [1.54, 1.807) is 0 Å². The molecule has 1 N–H and O–H groups in total. The SMILES string of the molecule is CC(C)NCC(Cc1csc2ccccc12)C(C)C. The van der Waals surface area contributed by atoms with Crippen LogP contribution in [-0.2, 0) is 6.42 Å². The fourth-order valence-electron chi connectivity index (χ4n) is 2.40. The van der Waals surface area contributed by atoms with Crippen molar-refractivity contribution in [2.75, 3.05) is 6.54 Å². The van der Waals surface area contributed by atoms with Gasteiger partial charge in [-0.1, -0.05) is 45.9 Å². The van der Waals surface area contributed by atoms with Crippen LogP contribution in [0.3, 0.4) is 0 Å². The molecule has 0 saturated heterocycles. The van der Waals surface area contributed by atoms with Crippen molar-refractivity contribution in [3.05, 3.63) is 35.2 Å². The van der Waals surface area contributed by atoms with E-state index in [4.69, 9.17) is 0 Å². The first kappa shape index (κ1) is 14.5. The van der Waals surface area contributed by atoms with Crippen molar-refractivity contribution in [1.82, 2.24) is 5.32 Å². The van der Waals surface area contributed by atoms with E-state index >= 15 is 0 Å². The summed E-state index contributed by atoms with van der Waals surface area (Å²) < 4.78 is 1.41. The van der Waals surface area contributed by atoms with Gasteiger partial charge < -0.3 is 5.32 Å². The average molecular weight is 275 g/mol. The molecule has 1 aromatic heterocycles. The van der Waals surface area contributed by atoms with Gasteiger partial charge in [0.2, 0.25) is 0 Å². The van der Waals surface area contributed by atoms with Gasteiger partial charge in [-0.3, -0.25) is 0 Å². The first-order chi connectivity index (χ1) is 9.08. The van der Waals surface area contributed by atoms with Crippen molar-refractivity contribution in [2.45, 2.75) is 40.2 Å². The van der Waals surface area contributed by atoms with E-state index in [0.717, 1.165) is 6.54 Å². The van der Waals surface area contributed by atoms with Crippen molar-refractivity contribution >= 4 is 21.4 Å².